The lowest BCUT2D eigenvalue weighted by atomic mass is 9.94. The Labute approximate surface area is 161 Å². The second kappa shape index (κ2) is 6.84. The van der Waals surface area contributed by atoms with Crippen molar-refractivity contribution < 1.29 is 17.9 Å². The third-order valence-corrected chi connectivity index (χ3v) is 7.54. The number of rotatable bonds is 2. The van der Waals surface area contributed by atoms with Crippen LogP contribution in [0.25, 0.3) is 0 Å². The Balaban J connectivity index is 1.71. The molecule has 27 heavy (non-hydrogen) atoms. The summed E-state index contributed by atoms with van der Waals surface area (Å²) in [6.07, 6.45) is 1.52. The van der Waals surface area contributed by atoms with E-state index in [2.05, 4.69) is 0 Å². The van der Waals surface area contributed by atoms with Crippen molar-refractivity contribution in [1.82, 2.24) is 4.31 Å². The fraction of sp³-hybridized carbons (Fsp3) is 0.429. The average Bonchev–Trinajstić information content (AvgIpc) is 2.87. The van der Waals surface area contributed by atoms with Gasteiger partial charge in [0, 0.05) is 19.0 Å². The Morgan fingerprint density at radius 1 is 1.00 bits per heavy atom. The standard InChI is InChI=1S/C21H25NO4S/c1-14-5-6-18(11-15(14)2)27(23,24)22-8-7-17-12-20-21(13-19(17)16(22)3)26-10-4-9-25-20/h5-6,11-13,16H,4,7-10H2,1-3H3. The van der Waals surface area contributed by atoms with Crippen molar-refractivity contribution in [3.05, 3.63) is 52.6 Å². The number of aryl methyl sites for hydroxylation is 2. The summed E-state index contributed by atoms with van der Waals surface area (Å²) in [5.74, 6) is 1.48. The summed E-state index contributed by atoms with van der Waals surface area (Å²) in [7, 11) is -3.56. The first-order chi connectivity index (χ1) is 12.9. The molecule has 1 unspecified atom stereocenters. The second-order valence-electron chi connectivity index (χ2n) is 7.34. The highest BCUT2D eigenvalue weighted by Gasteiger charge is 2.35. The maximum absolute atomic E-state index is 13.3. The Kier molecular flexibility index (Phi) is 4.64. The molecule has 1 atom stereocenters. The van der Waals surface area contributed by atoms with Gasteiger partial charge in [-0.15, -0.1) is 0 Å². The van der Waals surface area contributed by atoms with E-state index in [4.69, 9.17) is 9.47 Å². The van der Waals surface area contributed by atoms with Gasteiger partial charge >= 0.3 is 0 Å². The predicted molar refractivity (Wildman–Crippen MR) is 104 cm³/mol. The highest BCUT2D eigenvalue weighted by Crippen LogP contribution is 2.40. The van der Waals surface area contributed by atoms with Gasteiger partial charge in [-0.3, -0.25) is 0 Å². The number of nitrogens with zero attached hydrogens (tertiary/aromatic N) is 1. The zero-order valence-electron chi connectivity index (χ0n) is 16.0. The summed E-state index contributed by atoms with van der Waals surface area (Å²) in [5, 5.41) is 0. The van der Waals surface area contributed by atoms with E-state index >= 15 is 0 Å². The minimum atomic E-state index is -3.56. The molecule has 2 aliphatic rings. The largest absolute Gasteiger partial charge is 0.490 e. The molecule has 0 N–H and O–H groups in total. The molecule has 0 saturated heterocycles. The van der Waals surface area contributed by atoms with Gasteiger partial charge in [0.05, 0.1) is 18.1 Å². The Hall–Kier alpha value is -2.05. The number of benzene rings is 2. The minimum Gasteiger partial charge on any atom is -0.490 e. The maximum atomic E-state index is 13.3. The molecular weight excluding hydrogens is 362 g/mol. The molecule has 0 radical (unpaired) electrons. The van der Waals surface area contributed by atoms with Crippen molar-refractivity contribution in [3.8, 4) is 11.5 Å². The lowest BCUT2D eigenvalue weighted by Gasteiger charge is -2.34. The van der Waals surface area contributed by atoms with Crippen LogP contribution in [-0.2, 0) is 16.4 Å². The van der Waals surface area contributed by atoms with Crippen molar-refractivity contribution in [2.45, 2.75) is 44.6 Å². The second-order valence-corrected chi connectivity index (χ2v) is 9.23. The van der Waals surface area contributed by atoms with Crippen molar-refractivity contribution in [1.29, 1.82) is 0 Å². The van der Waals surface area contributed by atoms with Crippen LogP contribution in [0, 0.1) is 13.8 Å². The number of fused-ring (bicyclic) bond motifs is 2. The van der Waals surface area contributed by atoms with E-state index in [0.717, 1.165) is 34.4 Å². The molecule has 0 aromatic heterocycles. The molecule has 6 heteroatoms. The normalized spacial score (nSPS) is 20.0. The molecule has 0 aliphatic carbocycles. The van der Waals surface area contributed by atoms with Crippen molar-refractivity contribution in [2.75, 3.05) is 19.8 Å². The summed E-state index contributed by atoms with van der Waals surface area (Å²) in [4.78, 5) is 0.357. The monoisotopic (exact) mass is 387 g/mol. The van der Waals surface area contributed by atoms with Crippen LogP contribution < -0.4 is 9.47 Å². The number of hydrogen-bond acceptors (Lipinski definition) is 4. The van der Waals surface area contributed by atoms with Crippen LogP contribution in [0.2, 0.25) is 0 Å². The zero-order chi connectivity index (χ0) is 19.2. The first-order valence-corrected chi connectivity index (χ1v) is 10.8. The van der Waals surface area contributed by atoms with E-state index in [1.54, 1.807) is 16.4 Å². The molecule has 0 amide bonds. The summed E-state index contributed by atoms with van der Waals surface area (Å²) >= 11 is 0. The smallest absolute Gasteiger partial charge is 0.243 e. The Morgan fingerprint density at radius 3 is 2.41 bits per heavy atom. The fourth-order valence-corrected chi connectivity index (χ4v) is 5.49. The van der Waals surface area contributed by atoms with Gasteiger partial charge in [-0.25, -0.2) is 8.42 Å². The Morgan fingerprint density at radius 2 is 1.70 bits per heavy atom. The third kappa shape index (κ3) is 3.21. The third-order valence-electron chi connectivity index (χ3n) is 5.58. The molecule has 2 aromatic rings. The van der Waals surface area contributed by atoms with E-state index < -0.39 is 10.0 Å². The van der Waals surface area contributed by atoms with Crippen LogP contribution in [0.5, 0.6) is 11.5 Å². The number of ether oxygens (including phenoxy) is 2. The zero-order valence-corrected chi connectivity index (χ0v) is 16.8. The quantitative estimate of drug-likeness (QED) is 0.787. The van der Waals surface area contributed by atoms with Crippen LogP contribution in [0.1, 0.15) is 41.6 Å². The maximum Gasteiger partial charge on any atom is 0.243 e. The van der Waals surface area contributed by atoms with Gasteiger partial charge in [0.15, 0.2) is 11.5 Å². The van der Waals surface area contributed by atoms with Crippen LogP contribution >= 0.6 is 0 Å². The predicted octanol–water partition coefficient (Wildman–Crippen LogP) is 3.77. The lowest BCUT2D eigenvalue weighted by molar-refractivity contribution is 0.296. The summed E-state index contributed by atoms with van der Waals surface area (Å²) in [6.45, 7) is 7.60. The van der Waals surface area contributed by atoms with Crippen molar-refractivity contribution in [3.63, 3.8) is 0 Å². The highest BCUT2D eigenvalue weighted by atomic mass is 32.2. The van der Waals surface area contributed by atoms with Gasteiger partial charge in [0.2, 0.25) is 10.0 Å². The summed E-state index contributed by atoms with van der Waals surface area (Å²) in [6, 6.07) is 9.07. The van der Waals surface area contributed by atoms with E-state index in [9.17, 15) is 8.42 Å². The molecule has 0 fully saturated rings. The lowest BCUT2D eigenvalue weighted by Crippen LogP contribution is -2.38. The van der Waals surface area contributed by atoms with E-state index in [1.807, 2.05) is 39.0 Å². The molecule has 2 aliphatic heterocycles. The summed E-state index contributed by atoms with van der Waals surface area (Å²) < 4.78 is 39.8. The minimum absolute atomic E-state index is 0.252. The summed E-state index contributed by atoms with van der Waals surface area (Å²) in [5.41, 5.74) is 4.21. The molecule has 0 saturated carbocycles. The van der Waals surface area contributed by atoms with Gasteiger partial charge in [-0.05, 0) is 73.7 Å². The molecule has 0 spiro atoms. The Bertz CT molecular complexity index is 984. The molecule has 4 rings (SSSR count). The first kappa shape index (κ1) is 18.3. The van der Waals surface area contributed by atoms with Crippen molar-refractivity contribution >= 4 is 10.0 Å². The van der Waals surface area contributed by atoms with Gasteiger partial charge in [0.25, 0.3) is 0 Å². The SMILES string of the molecule is Cc1ccc(S(=O)(=O)N2CCc3cc4c(cc3C2C)OCCCO4)cc1C. The molecule has 2 heterocycles. The van der Waals surface area contributed by atoms with Gasteiger partial charge < -0.3 is 9.47 Å². The molecular formula is C21H25NO4S. The van der Waals surface area contributed by atoms with E-state index in [1.165, 1.54) is 0 Å². The van der Waals surface area contributed by atoms with Gasteiger partial charge in [0.1, 0.15) is 0 Å². The van der Waals surface area contributed by atoms with Gasteiger partial charge in [-0.2, -0.15) is 4.31 Å². The average molecular weight is 388 g/mol. The van der Waals surface area contributed by atoms with Crippen LogP contribution in [0.3, 0.4) is 0 Å². The molecule has 144 valence electrons. The topological polar surface area (TPSA) is 55.8 Å². The van der Waals surface area contributed by atoms with Gasteiger partial charge in [-0.1, -0.05) is 6.07 Å². The van der Waals surface area contributed by atoms with Crippen molar-refractivity contribution in [2.24, 2.45) is 0 Å². The fourth-order valence-electron chi connectivity index (χ4n) is 3.79. The van der Waals surface area contributed by atoms with Crippen LogP contribution in [0.4, 0.5) is 0 Å². The van der Waals surface area contributed by atoms with Crippen LogP contribution in [0.15, 0.2) is 35.2 Å². The molecule has 0 bridgehead atoms. The number of sulfonamides is 1. The molecule has 2 aromatic carbocycles. The highest BCUT2D eigenvalue weighted by molar-refractivity contribution is 7.89. The van der Waals surface area contributed by atoms with E-state index in [-0.39, 0.29) is 6.04 Å². The number of hydrogen-bond donors (Lipinski definition) is 0. The van der Waals surface area contributed by atoms with E-state index in [0.29, 0.717) is 36.8 Å². The van der Waals surface area contributed by atoms with Crippen LogP contribution in [-0.4, -0.2) is 32.5 Å². The molecule has 5 nitrogen and oxygen atoms in total. The first-order valence-electron chi connectivity index (χ1n) is 9.39.